The minimum Gasteiger partial charge on any atom is -0.384 e. The summed E-state index contributed by atoms with van der Waals surface area (Å²) in [5.74, 6) is 5.31. The molecule has 1 rings (SSSR count). The number of aliphatic hydroxyl groups excluding tert-OH is 1. The molecular weight excluding hydrogens is 272 g/mol. The average molecular weight is 288 g/mol. The van der Waals surface area contributed by atoms with Gasteiger partial charge < -0.3 is 5.11 Å². The molecule has 0 aromatic carbocycles. The van der Waals surface area contributed by atoms with Crippen molar-refractivity contribution in [2.24, 2.45) is 0 Å². The van der Waals surface area contributed by atoms with Crippen molar-refractivity contribution in [2.45, 2.75) is 19.9 Å². The first-order valence-corrected chi connectivity index (χ1v) is 7.80. The Bertz CT molecular complexity index is 526. The van der Waals surface area contributed by atoms with Crippen molar-refractivity contribution in [3.8, 4) is 11.8 Å². The van der Waals surface area contributed by atoms with Crippen molar-refractivity contribution in [1.82, 2.24) is 9.44 Å². The molecule has 1 aromatic heterocycles. The second-order valence-electron chi connectivity index (χ2n) is 3.44. The van der Waals surface area contributed by atoms with E-state index in [0.29, 0.717) is 6.54 Å². The number of thiophene rings is 1. The van der Waals surface area contributed by atoms with E-state index in [2.05, 4.69) is 21.3 Å². The molecule has 1 heterocycles. The molecule has 100 valence electrons. The Labute approximate surface area is 111 Å². The summed E-state index contributed by atoms with van der Waals surface area (Å²) >= 11 is 1.40. The van der Waals surface area contributed by atoms with Gasteiger partial charge in [-0.3, -0.25) is 0 Å². The van der Waals surface area contributed by atoms with Crippen LogP contribution in [0.1, 0.15) is 23.1 Å². The molecule has 0 spiro atoms. The van der Waals surface area contributed by atoms with Gasteiger partial charge in [0.15, 0.2) is 0 Å². The molecule has 5 nitrogen and oxygen atoms in total. The van der Waals surface area contributed by atoms with E-state index >= 15 is 0 Å². The van der Waals surface area contributed by atoms with Crippen molar-refractivity contribution >= 4 is 21.5 Å². The maximum absolute atomic E-state index is 11.5. The predicted molar refractivity (Wildman–Crippen MR) is 72.3 cm³/mol. The molecule has 0 bridgehead atoms. The summed E-state index contributed by atoms with van der Waals surface area (Å²) in [6.45, 7) is 2.38. The number of aliphatic hydroxyl groups is 1. The van der Waals surface area contributed by atoms with Crippen LogP contribution in [0, 0.1) is 11.8 Å². The van der Waals surface area contributed by atoms with Crippen molar-refractivity contribution in [3.05, 3.63) is 21.9 Å². The summed E-state index contributed by atoms with van der Waals surface area (Å²) in [5.41, 5.74) is 0. The number of rotatable bonds is 6. The molecule has 18 heavy (non-hydrogen) atoms. The number of hydrogen-bond acceptors (Lipinski definition) is 4. The molecule has 0 unspecified atom stereocenters. The average Bonchev–Trinajstić information content (AvgIpc) is 2.80. The number of hydrogen-bond donors (Lipinski definition) is 3. The van der Waals surface area contributed by atoms with Crippen LogP contribution >= 0.6 is 11.3 Å². The molecular formula is C11H16N2O3S2. The Morgan fingerprint density at radius 2 is 2.17 bits per heavy atom. The Kier molecular flexibility index (Phi) is 6.32. The van der Waals surface area contributed by atoms with Crippen molar-refractivity contribution in [3.63, 3.8) is 0 Å². The normalized spacial score (nSPS) is 11.0. The molecule has 0 atom stereocenters. The number of nitrogens with one attached hydrogen (secondary N) is 2. The second-order valence-corrected chi connectivity index (χ2v) is 6.20. The lowest BCUT2D eigenvalue weighted by Gasteiger charge is -2.05. The van der Waals surface area contributed by atoms with Crippen LogP contribution in [0.4, 0.5) is 0 Å². The third-order valence-corrected chi connectivity index (χ3v) is 4.04. The van der Waals surface area contributed by atoms with Crippen LogP contribution in [-0.4, -0.2) is 26.7 Å². The fourth-order valence-electron chi connectivity index (χ4n) is 1.12. The van der Waals surface area contributed by atoms with Crippen LogP contribution in [-0.2, 0) is 16.8 Å². The maximum atomic E-state index is 11.5. The highest BCUT2D eigenvalue weighted by atomic mass is 32.2. The van der Waals surface area contributed by atoms with Gasteiger partial charge in [0.2, 0.25) is 0 Å². The molecule has 0 fully saturated rings. The van der Waals surface area contributed by atoms with Gasteiger partial charge in [0.05, 0.1) is 4.88 Å². The summed E-state index contributed by atoms with van der Waals surface area (Å²) < 4.78 is 27.8. The van der Waals surface area contributed by atoms with Gasteiger partial charge in [0, 0.05) is 18.0 Å². The van der Waals surface area contributed by atoms with Crippen LogP contribution in [0.5, 0.6) is 0 Å². The highest BCUT2D eigenvalue weighted by molar-refractivity contribution is 7.87. The van der Waals surface area contributed by atoms with Gasteiger partial charge in [0.1, 0.15) is 6.61 Å². The Morgan fingerprint density at radius 1 is 1.39 bits per heavy atom. The van der Waals surface area contributed by atoms with E-state index < -0.39 is 10.2 Å². The summed E-state index contributed by atoms with van der Waals surface area (Å²) in [4.78, 5) is 1.68. The standard InChI is InChI=1S/C11H16N2O3S2/c1-2-7-12-18(15,16)13-9-11-6-5-10(17-11)4-3-8-14/h5-6,12-14H,2,7-9H2,1H3. The lowest BCUT2D eigenvalue weighted by Crippen LogP contribution is -2.36. The molecule has 0 saturated heterocycles. The zero-order chi connectivity index (χ0) is 13.4. The van der Waals surface area contributed by atoms with E-state index in [0.717, 1.165) is 16.2 Å². The molecule has 0 aliphatic carbocycles. The highest BCUT2D eigenvalue weighted by Crippen LogP contribution is 2.15. The second kappa shape index (κ2) is 7.51. The maximum Gasteiger partial charge on any atom is 0.277 e. The minimum absolute atomic E-state index is 0.180. The molecule has 7 heteroatoms. The van der Waals surface area contributed by atoms with Gasteiger partial charge in [-0.15, -0.1) is 11.3 Å². The Hall–Kier alpha value is -0.910. The molecule has 1 aromatic rings. The third-order valence-electron chi connectivity index (χ3n) is 1.93. The minimum atomic E-state index is -3.42. The molecule has 0 aliphatic rings. The third kappa shape index (κ3) is 5.62. The lowest BCUT2D eigenvalue weighted by molar-refractivity contribution is 0.350. The molecule has 0 amide bonds. The largest absolute Gasteiger partial charge is 0.384 e. The quantitative estimate of drug-likeness (QED) is 0.664. The van der Waals surface area contributed by atoms with Gasteiger partial charge in [-0.2, -0.15) is 13.1 Å². The van der Waals surface area contributed by atoms with Gasteiger partial charge in [-0.1, -0.05) is 18.8 Å². The molecule has 0 radical (unpaired) electrons. The zero-order valence-corrected chi connectivity index (χ0v) is 11.7. The van der Waals surface area contributed by atoms with Crippen LogP contribution < -0.4 is 9.44 Å². The van der Waals surface area contributed by atoms with E-state index in [-0.39, 0.29) is 13.2 Å². The topological polar surface area (TPSA) is 78.4 Å². The molecule has 0 aliphatic heterocycles. The van der Waals surface area contributed by atoms with Gasteiger partial charge in [-0.05, 0) is 18.6 Å². The first kappa shape index (κ1) is 15.1. The first-order chi connectivity index (χ1) is 8.57. The van der Waals surface area contributed by atoms with Gasteiger partial charge >= 0.3 is 0 Å². The van der Waals surface area contributed by atoms with Crippen molar-refractivity contribution in [2.75, 3.05) is 13.2 Å². The van der Waals surface area contributed by atoms with E-state index in [1.807, 2.05) is 13.0 Å². The molecule has 3 N–H and O–H groups in total. The smallest absolute Gasteiger partial charge is 0.277 e. The summed E-state index contributed by atoms with van der Waals surface area (Å²) in [5, 5.41) is 8.56. The van der Waals surface area contributed by atoms with Crippen molar-refractivity contribution < 1.29 is 13.5 Å². The molecule has 0 saturated carbocycles. The van der Waals surface area contributed by atoms with Crippen LogP contribution in [0.3, 0.4) is 0 Å². The Balaban J connectivity index is 2.51. The summed E-state index contributed by atoms with van der Waals surface area (Å²) in [7, 11) is -3.42. The van der Waals surface area contributed by atoms with E-state index in [1.54, 1.807) is 6.07 Å². The Morgan fingerprint density at radius 3 is 2.83 bits per heavy atom. The zero-order valence-electron chi connectivity index (χ0n) is 10.1. The SMILES string of the molecule is CCCNS(=O)(=O)NCc1ccc(C#CCO)s1. The van der Waals surface area contributed by atoms with Crippen LogP contribution in [0.15, 0.2) is 12.1 Å². The van der Waals surface area contributed by atoms with Gasteiger partial charge in [-0.25, -0.2) is 4.72 Å². The highest BCUT2D eigenvalue weighted by Gasteiger charge is 2.08. The van der Waals surface area contributed by atoms with E-state index in [4.69, 9.17) is 5.11 Å². The monoisotopic (exact) mass is 288 g/mol. The first-order valence-electron chi connectivity index (χ1n) is 5.50. The lowest BCUT2D eigenvalue weighted by atomic mass is 10.4. The van der Waals surface area contributed by atoms with Crippen LogP contribution in [0.2, 0.25) is 0 Å². The fraction of sp³-hybridized carbons (Fsp3) is 0.455. The van der Waals surface area contributed by atoms with E-state index in [9.17, 15) is 8.42 Å². The van der Waals surface area contributed by atoms with E-state index in [1.165, 1.54) is 11.3 Å². The summed E-state index contributed by atoms with van der Waals surface area (Å²) in [6.07, 6.45) is 0.751. The summed E-state index contributed by atoms with van der Waals surface area (Å²) in [6, 6.07) is 3.62. The van der Waals surface area contributed by atoms with Crippen molar-refractivity contribution in [1.29, 1.82) is 0 Å². The van der Waals surface area contributed by atoms with Gasteiger partial charge in [0.25, 0.3) is 10.2 Å². The fourth-order valence-corrected chi connectivity index (χ4v) is 2.95. The predicted octanol–water partition coefficient (Wildman–Crippen LogP) is 0.426. The van der Waals surface area contributed by atoms with Crippen LogP contribution in [0.25, 0.3) is 0 Å².